The second-order valence-corrected chi connectivity index (χ2v) is 11.4. The van der Waals surface area contributed by atoms with E-state index in [0.29, 0.717) is 37.1 Å². The van der Waals surface area contributed by atoms with E-state index >= 15 is 0 Å². The topological polar surface area (TPSA) is 160 Å². The first-order valence-corrected chi connectivity index (χ1v) is 14.9. The average Bonchev–Trinajstić information content (AvgIpc) is 3.43. The van der Waals surface area contributed by atoms with Gasteiger partial charge in [-0.25, -0.2) is 0 Å². The highest BCUT2D eigenvalue weighted by molar-refractivity contribution is 5.92. The smallest absolute Gasteiger partial charge is 0.273 e. The minimum atomic E-state index is -0.695. The summed E-state index contributed by atoms with van der Waals surface area (Å²) in [6, 6.07) is 15.5. The zero-order valence-electron chi connectivity index (χ0n) is 26.2. The molecule has 1 aromatic heterocycles. The molecule has 1 aliphatic rings. The van der Waals surface area contributed by atoms with E-state index in [1.807, 2.05) is 25.1 Å². The molecule has 0 saturated carbocycles. The van der Waals surface area contributed by atoms with E-state index in [9.17, 15) is 24.0 Å². The maximum Gasteiger partial charge on any atom is 0.273 e. The van der Waals surface area contributed by atoms with Crippen LogP contribution in [0.15, 0.2) is 53.1 Å². The fourth-order valence-corrected chi connectivity index (χ4v) is 4.53. The fourth-order valence-electron chi connectivity index (χ4n) is 4.53. The van der Waals surface area contributed by atoms with Crippen molar-refractivity contribution in [2.45, 2.75) is 72.4 Å². The van der Waals surface area contributed by atoms with Crippen molar-refractivity contribution in [1.82, 2.24) is 26.4 Å². The zero-order valence-corrected chi connectivity index (χ0v) is 26.2. The van der Waals surface area contributed by atoms with Gasteiger partial charge in [-0.2, -0.15) is 0 Å². The van der Waals surface area contributed by atoms with Crippen molar-refractivity contribution in [2.24, 2.45) is 11.8 Å². The van der Waals surface area contributed by atoms with Crippen molar-refractivity contribution in [3.05, 3.63) is 65.5 Å². The van der Waals surface area contributed by atoms with Crippen LogP contribution in [0.25, 0.3) is 10.8 Å². The van der Waals surface area contributed by atoms with E-state index in [1.54, 1.807) is 13.0 Å². The number of aromatic nitrogens is 1. The number of benzene rings is 2. The van der Waals surface area contributed by atoms with Gasteiger partial charge in [0.2, 0.25) is 18.2 Å². The highest BCUT2D eigenvalue weighted by atomic mass is 16.5. The van der Waals surface area contributed by atoms with E-state index in [4.69, 9.17) is 4.52 Å². The lowest BCUT2D eigenvalue weighted by Crippen LogP contribution is -2.45. The molecular formula is C33H45N5O6. The second-order valence-electron chi connectivity index (χ2n) is 11.4. The number of carbonyl (C=O) groups is 5. The average molecular weight is 608 g/mol. The van der Waals surface area contributed by atoms with E-state index in [-0.39, 0.29) is 30.3 Å². The molecule has 1 fully saturated rings. The van der Waals surface area contributed by atoms with Crippen molar-refractivity contribution >= 4 is 41.2 Å². The van der Waals surface area contributed by atoms with E-state index in [2.05, 4.69) is 71.5 Å². The normalized spacial score (nSPS) is 15.3. The molecule has 44 heavy (non-hydrogen) atoms. The summed E-state index contributed by atoms with van der Waals surface area (Å²) in [5.41, 5.74) is 1.55. The summed E-state index contributed by atoms with van der Waals surface area (Å²) < 4.78 is 4.93. The highest BCUT2D eigenvalue weighted by Crippen LogP contribution is 2.20. The summed E-state index contributed by atoms with van der Waals surface area (Å²) in [6.45, 7) is 10.7. The number of amides is 4. The molecule has 0 bridgehead atoms. The molecule has 4 rings (SSSR count). The Morgan fingerprint density at radius 3 is 2.41 bits per heavy atom. The Hall–Kier alpha value is -4.54. The molecule has 2 heterocycles. The number of nitrogens with one attached hydrogen (secondary N) is 4. The van der Waals surface area contributed by atoms with Gasteiger partial charge in [0.1, 0.15) is 12.0 Å². The lowest BCUT2D eigenvalue weighted by molar-refractivity contribution is -0.128. The Morgan fingerprint density at radius 1 is 1.07 bits per heavy atom. The van der Waals surface area contributed by atoms with Crippen LogP contribution in [0.4, 0.5) is 0 Å². The molecule has 0 radical (unpaired) electrons. The lowest BCUT2D eigenvalue weighted by Gasteiger charge is -2.24. The number of hydrogen-bond acceptors (Lipinski definition) is 7. The van der Waals surface area contributed by atoms with Crippen LogP contribution in [0, 0.1) is 18.8 Å². The van der Waals surface area contributed by atoms with Gasteiger partial charge in [-0.3, -0.25) is 19.2 Å². The van der Waals surface area contributed by atoms with Crippen LogP contribution < -0.4 is 21.3 Å². The summed E-state index contributed by atoms with van der Waals surface area (Å²) in [7, 11) is 0. The third-order valence-electron chi connectivity index (χ3n) is 6.44. The van der Waals surface area contributed by atoms with Crippen LogP contribution in [-0.4, -0.2) is 60.7 Å². The van der Waals surface area contributed by atoms with Crippen LogP contribution in [0.1, 0.15) is 68.8 Å². The Morgan fingerprint density at radius 2 is 1.77 bits per heavy atom. The fraction of sp³-hybridized carbons (Fsp3) is 0.455. The van der Waals surface area contributed by atoms with Crippen molar-refractivity contribution in [1.29, 1.82) is 0 Å². The lowest BCUT2D eigenvalue weighted by atomic mass is 9.92. The maximum atomic E-state index is 12.1. The number of aldehydes is 1. The third kappa shape index (κ3) is 12.8. The van der Waals surface area contributed by atoms with Gasteiger partial charge in [-0.1, -0.05) is 68.4 Å². The SMILES string of the molecule is CC(C)C.Cc1cc(C(=O)N[C@H](C)Cc2cccc3ccccc23)no1.O=CNCC(=O)NC(C=O)CC1CCCNC1=O. The molecule has 11 heteroatoms. The standard InChI is InChI=1S/C18H18N2O2.C11H17N3O4.C4H10/c1-12(19-18(21)17-11-13(2)22-20-17)10-15-8-5-7-14-6-3-4-9-16(14)15;15-6-9(14-10(17)5-12-7-16)4-8-2-1-3-13-11(8)18;1-4(2)3/h3-9,11-12H,10H2,1-2H3,(H,19,21);6-9H,1-5H2,(H,12,16)(H,13,18)(H,14,17);4H,1-3H3/t12-;;/m1../s1. The largest absolute Gasteiger partial charge is 0.361 e. The van der Waals surface area contributed by atoms with Gasteiger partial charge in [-0.05, 0) is 61.8 Å². The molecule has 4 N–H and O–H groups in total. The summed E-state index contributed by atoms with van der Waals surface area (Å²) in [5, 5.41) is 16.5. The first-order valence-electron chi connectivity index (χ1n) is 14.9. The first-order chi connectivity index (χ1) is 21.0. The summed E-state index contributed by atoms with van der Waals surface area (Å²) >= 11 is 0. The van der Waals surface area contributed by atoms with Crippen molar-refractivity contribution in [3.8, 4) is 0 Å². The number of rotatable bonds is 11. The Balaban J connectivity index is 0.000000279. The number of nitrogens with zero attached hydrogens (tertiary/aromatic N) is 1. The highest BCUT2D eigenvalue weighted by Gasteiger charge is 2.26. The van der Waals surface area contributed by atoms with Crippen molar-refractivity contribution < 1.29 is 28.5 Å². The van der Waals surface area contributed by atoms with Crippen LogP contribution >= 0.6 is 0 Å². The minimum Gasteiger partial charge on any atom is -0.361 e. The number of aryl methyl sites for hydroxylation is 1. The van der Waals surface area contributed by atoms with Gasteiger partial charge in [-0.15, -0.1) is 0 Å². The van der Waals surface area contributed by atoms with Gasteiger partial charge < -0.3 is 30.6 Å². The molecule has 4 amide bonds. The molecule has 2 aromatic carbocycles. The monoisotopic (exact) mass is 607 g/mol. The molecule has 3 aromatic rings. The predicted octanol–water partition coefficient (Wildman–Crippen LogP) is 3.49. The van der Waals surface area contributed by atoms with Crippen LogP contribution in [0.5, 0.6) is 0 Å². The molecule has 3 atom stereocenters. The third-order valence-corrected chi connectivity index (χ3v) is 6.44. The Kier molecular flexibility index (Phi) is 15.3. The molecule has 238 valence electrons. The van der Waals surface area contributed by atoms with Gasteiger partial charge in [0.25, 0.3) is 5.91 Å². The van der Waals surface area contributed by atoms with Gasteiger partial charge in [0.15, 0.2) is 5.69 Å². The van der Waals surface area contributed by atoms with Crippen molar-refractivity contribution in [3.63, 3.8) is 0 Å². The Labute approximate surface area is 258 Å². The van der Waals surface area contributed by atoms with Crippen molar-refractivity contribution in [2.75, 3.05) is 13.1 Å². The predicted molar refractivity (Wildman–Crippen MR) is 169 cm³/mol. The second kappa shape index (κ2) is 18.9. The minimum absolute atomic E-state index is 0.00955. The van der Waals surface area contributed by atoms with Crippen LogP contribution in [-0.2, 0) is 25.6 Å². The summed E-state index contributed by atoms with van der Waals surface area (Å²) in [6.07, 6.45) is 3.68. The number of fused-ring (bicyclic) bond motifs is 1. The number of piperidine rings is 1. The zero-order chi connectivity index (χ0) is 32.5. The van der Waals surface area contributed by atoms with E-state index in [0.717, 1.165) is 25.2 Å². The molecule has 0 spiro atoms. The van der Waals surface area contributed by atoms with E-state index in [1.165, 1.54) is 16.3 Å². The quantitative estimate of drug-likeness (QED) is 0.243. The molecule has 1 saturated heterocycles. The van der Waals surface area contributed by atoms with E-state index < -0.39 is 11.9 Å². The summed E-state index contributed by atoms with van der Waals surface area (Å²) in [4.78, 5) is 55.8. The number of carbonyl (C=O) groups excluding carboxylic acids is 5. The molecule has 11 nitrogen and oxygen atoms in total. The van der Waals surface area contributed by atoms with Gasteiger partial charge >= 0.3 is 0 Å². The molecule has 0 aliphatic carbocycles. The van der Waals surface area contributed by atoms with Crippen LogP contribution in [0.3, 0.4) is 0 Å². The molecule has 1 aliphatic heterocycles. The maximum absolute atomic E-state index is 12.1. The first kappa shape index (κ1) is 35.7. The Bertz CT molecular complexity index is 1360. The van der Waals surface area contributed by atoms with Gasteiger partial charge in [0, 0.05) is 24.6 Å². The van der Waals surface area contributed by atoms with Crippen LogP contribution in [0.2, 0.25) is 0 Å². The molecule has 2 unspecified atom stereocenters. The van der Waals surface area contributed by atoms with Gasteiger partial charge in [0.05, 0.1) is 12.6 Å². The summed E-state index contributed by atoms with van der Waals surface area (Å²) in [5.74, 6) is 0.494. The molecular weight excluding hydrogens is 562 g/mol. The number of hydrogen-bond donors (Lipinski definition) is 4.